The van der Waals surface area contributed by atoms with Crippen molar-refractivity contribution in [2.45, 2.75) is 6.54 Å². The topological polar surface area (TPSA) is 58.6 Å². The number of carbonyl (C=O) groups excluding carboxylic acids is 1. The molecular weight excluding hydrogens is 261 g/mol. The van der Waals surface area contributed by atoms with E-state index in [9.17, 15) is 14.3 Å². The minimum Gasteiger partial charge on any atom is -0.504 e. The largest absolute Gasteiger partial charge is 0.504 e. The van der Waals surface area contributed by atoms with Gasteiger partial charge in [0, 0.05) is 17.7 Å². The molecule has 0 heterocycles. The molecule has 0 saturated heterocycles. The SMILES string of the molecule is COc1ccc(C(=O)NCc2ccccc2F)cc1O. The Balaban J connectivity index is 2.05. The van der Waals surface area contributed by atoms with Crippen LogP contribution in [0.3, 0.4) is 0 Å². The first-order valence-corrected chi connectivity index (χ1v) is 6.00. The highest BCUT2D eigenvalue weighted by Crippen LogP contribution is 2.26. The van der Waals surface area contributed by atoms with Crippen molar-refractivity contribution in [3.8, 4) is 11.5 Å². The molecule has 0 atom stereocenters. The van der Waals surface area contributed by atoms with E-state index < -0.39 is 5.91 Å². The van der Waals surface area contributed by atoms with Gasteiger partial charge in [0.1, 0.15) is 5.82 Å². The molecule has 0 unspecified atom stereocenters. The minimum absolute atomic E-state index is 0.0816. The fraction of sp³-hybridized carbons (Fsp3) is 0.133. The number of hydrogen-bond acceptors (Lipinski definition) is 3. The summed E-state index contributed by atoms with van der Waals surface area (Å²) in [6.45, 7) is 0.0816. The number of aromatic hydroxyl groups is 1. The van der Waals surface area contributed by atoms with Crippen molar-refractivity contribution in [3.63, 3.8) is 0 Å². The fourth-order valence-corrected chi connectivity index (χ4v) is 1.75. The number of benzene rings is 2. The second-order valence-electron chi connectivity index (χ2n) is 4.16. The Kier molecular flexibility index (Phi) is 4.20. The van der Waals surface area contributed by atoms with Crippen molar-refractivity contribution in [2.24, 2.45) is 0 Å². The number of phenols is 1. The summed E-state index contributed by atoms with van der Waals surface area (Å²) in [5, 5.41) is 12.2. The summed E-state index contributed by atoms with van der Waals surface area (Å²) in [6.07, 6.45) is 0. The molecular formula is C15H14FNO3. The zero-order valence-electron chi connectivity index (χ0n) is 10.9. The predicted octanol–water partition coefficient (Wildman–Crippen LogP) is 2.47. The van der Waals surface area contributed by atoms with Gasteiger partial charge >= 0.3 is 0 Å². The number of methoxy groups -OCH3 is 1. The van der Waals surface area contributed by atoms with Crippen molar-refractivity contribution in [3.05, 3.63) is 59.4 Å². The fourth-order valence-electron chi connectivity index (χ4n) is 1.75. The van der Waals surface area contributed by atoms with Gasteiger partial charge in [-0.25, -0.2) is 4.39 Å². The van der Waals surface area contributed by atoms with Gasteiger partial charge < -0.3 is 15.2 Å². The van der Waals surface area contributed by atoms with Crippen LogP contribution in [-0.2, 0) is 6.54 Å². The summed E-state index contributed by atoms with van der Waals surface area (Å²) in [5.74, 6) is -0.599. The molecule has 2 aromatic rings. The Bertz CT molecular complexity index is 628. The maximum Gasteiger partial charge on any atom is 0.251 e. The maximum absolute atomic E-state index is 13.4. The monoisotopic (exact) mass is 275 g/mol. The number of carbonyl (C=O) groups is 1. The standard InChI is InChI=1S/C15H14FNO3/c1-20-14-7-6-10(8-13(14)18)15(19)17-9-11-4-2-3-5-12(11)16/h2-8,18H,9H2,1H3,(H,17,19). The summed E-state index contributed by atoms with van der Waals surface area (Å²) >= 11 is 0. The van der Waals surface area contributed by atoms with Gasteiger partial charge in [-0.1, -0.05) is 18.2 Å². The van der Waals surface area contributed by atoms with Crippen LogP contribution in [0.4, 0.5) is 4.39 Å². The van der Waals surface area contributed by atoms with E-state index in [2.05, 4.69) is 5.32 Å². The minimum atomic E-state index is -0.397. The van der Waals surface area contributed by atoms with E-state index in [4.69, 9.17) is 4.74 Å². The van der Waals surface area contributed by atoms with Crippen molar-refractivity contribution in [1.29, 1.82) is 0 Å². The van der Waals surface area contributed by atoms with Gasteiger partial charge in [0.15, 0.2) is 11.5 Å². The molecule has 2 rings (SSSR count). The molecule has 2 N–H and O–H groups in total. The van der Waals surface area contributed by atoms with Crippen LogP contribution in [0.2, 0.25) is 0 Å². The molecule has 104 valence electrons. The van der Waals surface area contributed by atoms with Crippen LogP contribution in [0.25, 0.3) is 0 Å². The Morgan fingerprint density at radius 3 is 2.70 bits per heavy atom. The molecule has 0 aliphatic carbocycles. The highest BCUT2D eigenvalue weighted by Gasteiger charge is 2.10. The van der Waals surface area contributed by atoms with Crippen LogP contribution in [0.1, 0.15) is 15.9 Å². The zero-order valence-corrected chi connectivity index (χ0v) is 10.9. The second kappa shape index (κ2) is 6.06. The van der Waals surface area contributed by atoms with Gasteiger partial charge in [-0.05, 0) is 24.3 Å². The number of halogens is 1. The number of phenolic OH excluding ortho intramolecular Hbond substituents is 1. The zero-order chi connectivity index (χ0) is 14.5. The number of hydrogen-bond donors (Lipinski definition) is 2. The van der Waals surface area contributed by atoms with Crippen LogP contribution in [-0.4, -0.2) is 18.1 Å². The molecule has 1 amide bonds. The van der Waals surface area contributed by atoms with Crippen molar-refractivity contribution >= 4 is 5.91 Å². The van der Waals surface area contributed by atoms with Crippen molar-refractivity contribution < 1.29 is 19.0 Å². The van der Waals surface area contributed by atoms with E-state index in [1.54, 1.807) is 18.2 Å². The number of rotatable bonds is 4. The maximum atomic E-state index is 13.4. The molecule has 0 aromatic heterocycles. The molecule has 0 aliphatic rings. The van der Waals surface area contributed by atoms with E-state index in [1.807, 2.05) is 0 Å². The summed E-state index contributed by atoms with van der Waals surface area (Å²) in [5.41, 5.74) is 0.679. The molecule has 0 radical (unpaired) electrons. The number of nitrogens with one attached hydrogen (secondary N) is 1. The Hall–Kier alpha value is -2.56. The third-order valence-electron chi connectivity index (χ3n) is 2.84. The average Bonchev–Trinajstić information content (AvgIpc) is 2.46. The Morgan fingerprint density at radius 1 is 1.30 bits per heavy atom. The third-order valence-corrected chi connectivity index (χ3v) is 2.84. The Morgan fingerprint density at radius 2 is 2.05 bits per heavy atom. The molecule has 4 nitrogen and oxygen atoms in total. The molecule has 2 aromatic carbocycles. The Labute approximate surface area is 115 Å². The summed E-state index contributed by atoms with van der Waals surface area (Å²) in [7, 11) is 1.42. The van der Waals surface area contributed by atoms with E-state index in [1.165, 1.54) is 31.4 Å². The number of amides is 1. The first-order chi connectivity index (χ1) is 9.61. The summed E-state index contributed by atoms with van der Waals surface area (Å²) in [6, 6.07) is 10.5. The van der Waals surface area contributed by atoms with Gasteiger partial charge in [0.25, 0.3) is 5.91 Å². The van der Waals surface area contributed by atoms with Gasteiger partial charge in [0.05, 0.1) is 7.11 Å². The first-order valence-electron chi connectivity index (χ1n) is 6.00. The predicted molar refractivity (Wildman–Crippen MR) is 72.2 cm³/mol. The van der Waals surface area contributed by atoms with Gasteiger partial charge in [-0.2, -0.15) is 0 Å². The summed E-state index contributed by atoms with van der Waals surface area (Å²) < 4.78 is 18.3. The van der Waals surface area contributed by atoms with Crippen LogP contribution < -0.4 is 10.1 Å². The lowest BCUT2D eigenvalue weighted by Gasteiger charge is -2.08. The van der Waals surface area contributed by atoms with E-state index in [0.717, 1.165) is 0 Å². The molecule has 0 spiro atoms. The molecule has 5 heteroatoms. The van der Waals surface area contributed by atoms with E-state index in [0.29, 0.717) is 5.56 Å². The number of ether oxygens (including phenoxy) is 1. The quantitative estimate of drug-likeness (QED) is 0.901. The van der Waals surface area contributed by atoms with Crippen molar-refractivity contribution in [1.82, 2.24) is 5.32 Å². The molecule has 0 aliphatic heterocycles. The van der Waals surface area contributed by atoms with Crippen LogP contribution in [0.15, 0.2) is 42.5 Å². The molecule has 0 saturated carbocycles. The normalized spacial score (nSPS) is 10.1. The highest BCUT2D eigenvalue weighted by molar-refractivity contribution is 5.94. The average molecular weight is 275 g/mol. The smallest absolute Gasteiger partial charge is 0.251 e. The lowest BCUT2D eigenvalue weighted by Crippen LogP contribution is -2.23. The van der Waals surface area contributed by atoms with Crippen molar-refractivity contribution in [2.75, 3.05) is 7.11 Å². The third kappa shape index (κ3) is 3.06. The van der Waals surface area contributed by atoms with Crippen LogP contribution >= 0.6 is 0 Å². The lowest BCUT2D eigenvalue weighted by molar-refractivity contribution is 0.0950. The van der Waals surface area contributed by atoms with Gasteiger partial charge in [-0.3, -0.25) is 4.79 Å². The van der Waals surface area contributed by atoms with Gasteiger partial charge in [0.2, 0.25) is 0 Å². The summed E-state index contributed by atoms with van der Waals surface area (Å²) in [4.78, 5) is 11.9. The molecule has 0 fully saturated rings. The van der Waals surface area contributed by atoms with E-state index in [-0.39, 0.29) is 29.4 Å². The van der Waals surface area contributed by atoms with Crippen LogP contribution in [0, 0.1) is 5.82 Å². The lowest BCUT2D eigenvalue weighted by atomic mass is 10.1. The van der Waals surface area contributed by atoms with E-state index >= 15 is 0 Å². The molecule has 0 bridgehead atoms. The van der Waals surface area contributed by atoms with Crippen LogP contribution in [0.5, 0.6) is 11.5 Å². The molecule has 20 heavy (non-hydrogen) atoms. The first kappa shape index (κ1) is 13.9. The highest BCUT2D eigenvalue weighted by atomic mass is 19.1. The van der Waals surface area contributed by atoms with Gasteiger partial charge in [-0.15, -0.1) is 0 Å². The second-order valence-corrected chi connectivity index (χ2v) is 4.16.